The van der Waals surface area contributed by atoms with Crippen molar-refractivity contribution in [3.63, 3.8) is 0 Å². The molecule has 5 heteroatoms. The third-order valence-corrected chi connectivity index (χ3v) is 3.08. The van der Waals surface area contributed by atoms with Crippen LogP contribution in [-0.2, 0) is 0 Å². The molecule has 0 aliphatic rings. The Morgan fingerprint density at radius 2 is 1.80 bits per heavy atom. The predicted octanol–water partition coefficient (Wildman–Crippen LogP) is 3.19. The summed E-state index contributed by atoms with van der Waals surface area (Å²) >= 11 is 3.38. The zero-order valence-corrected chi connectivity index (χ0v) is 12.4. The Bertz CT molecular complexity index is 602. The molecule has 0 spiro atoms. The quantitative estimate of drug-likeness (QED) is 0.484. The maximum Gasteiger partial charge on any atom is 0.130 e. The van der Waals surface area contributed by atoms with Gasteiger partial charge in [0.05, 0.1) is 5.56 Å². The summed E-state index contributed by atoms with van der Waals surface area (Å²) in [7, 11) is 0. The van der Waals surface area contributed by atoms with Gasteiger partial charge < -0.3 is 15.2 Å². The van der Waals surface area contributed by atoms with Crippen LogP contribution >= 0.6 is 15.9 Å². The molecule has 20 heavy (non-hydrogen) atoms. The second-order valence-corrected chi connectivity index (χ2v) is 4.98. The first-order valence-electron chi connectivity index (χ1n) is 6.11. The van der Waals surface area contributed by atoms with Gasteiger partial charge in [-0.25, -0.2) is 0 Å². The van der Waals surface area contributed by atoms with Crippen LogP contribution in [0.1, 0.15) is 5.56 Å². The molecule has 0 fully saturated rings. The fraction of sp³-hybridized carbons (Fsp3) is 0.133. The lowest BCUT2D eigenvalue weighted by Crippen LogP contribution is -2.15. The van der Waals surface area contributed by atoms with E-state index in [1.54, 1.807) is 12.1 Å². The van der Waals surface area contributed by atoms with E-state index in [4.69, 9.17) is 20.6 Å². The van der Waals surface area contributed by atoms with E-state index >= 15 is 0 Å². The van der Waals surface area contributed by atoms with E-state index < -0.39 is 0 Å². The van der Waals surface area contributed by atoms with Gasteiger partial charge in [0.1, 0.15) is 30.5 Å². The monoisotopic (exact) mass is 334 g/mol. The summed E-state index contributed by atoms with van der Waals surface area (Å²) in [6.45, 7) is 0.805. The molecular formula is C15H15BrN2O2. The number of nitrogen functional groups attached to an aromatic ring is 1. The lowest BCUT2D eigenvalue weighted by atomic mass is 10.2. The molecule has 2 aromatic carbocycles. The topological polar surface area (TPSA) is 68.3 Å². The van der Waals surface area contributed by atoms with Gasteiger partial charge in [0.25, 0.3) is 0 Å². The molecule has 2 rings (SSSR count). The lowest BCUT2D eigenvalue weighted by molar-refractivity contribution is 0.217. The predicted molar refractivity (Wildman–Crippen MR) is 82.6 cm³/mol. The molecule has 0 aromatic heterocycles. The van der Waals surface area contributed by atoms with Crippen molar-refractivity contribution in [3.05, 3.63) is 58.6 Å². The first kappa shape index (κ1) is 14.4. The van der Waals surface area contributed by atoms with Crippen LogP contribution in [0.4, 0.5) is 0 Å². The number of hydrogen-bond donors (Lipinski definition) is 2. The zero-order valence-electron chi connectivity index (χ0n) is 10.8. The molecule has 0 saturated heterocycles. The molecule has 3 N–H and O–H groups in total. The largest absolute Gasteiger partial charge is 0.490 e. The van der Waals surface area contributed by atoms with E-state index in [9.17, 15) is 0 Å². The van der Waals surface area contributed by atoms with Gasteiger partial charge in [0.15, 0.2) is 0 Å². The van der Waals surface area contributed by atoms with Crippen LogP contribution in [0.15, 0.2) is 53.0 Å². The molecule has 0 aliphatic heterocycles. The fourth-order valence-electron chi connectivity index (χ4n) is 1.68. The number of halogens is 1. The summed E-state index contributed by atoms with van der Waals surface area (Å²) in [5.74, 6) is 1.37. The Labute approximate surface area is 126 Å². The highest BCUT2D eigenvalue weighted by molar-refractivity contribution is 9.10. The number of benzene rings is 2. The smallest absolute Gasteiger partial charge is 0.130 e. The van der Waals surface area contributed by atoms with Gasteiger partial charge in [-0.05, 0) is 30.3 Å². The van der Waals surface area contributed by atoms with Crippen molar-refractivity contribution in [1.29, 1.82) is 5.41 Å². The maximum absolute atomic E-state index is 7.48. The van der Waals surface area contributed by atoms with E-state index in [-0.39, 0.29) is 5.84 Å². The molecule has 0 unspecified atom stereocenters. The van der Waals surface area contributed by atoms with E-state index in [1.807, 2.05) is 36.4 Å². The number of nitrogens with two attached hydrogens (primary N) is 1. The van der Waals surface area contributed by atoms with Gasteiger partial charge in [0.2, 0.25) is 0 Å². The summed E-state index contributed by atoms with van der Waals surface area (Å²) in [6.07, 6.45) is 0. The van der Waals surface area contributed by atoms with Crippen LogP contribution < -0.4 is 15.2 Å². The molecule has 0 aliphatic carbocycles. The number of ether oxygens (including phenoxy) is 2. The minimum Gasteiger partial charge on any atom is -0.490 e. The lowest BCUT2D eigenvalue weighted by Gasteiger charge is -2.11. The highest BCUT2D eigenvalue weighted by Crippen LogP contribution is 2.19. The normalized spacial score (nSPS) is 10.1. The van der Waals surface area contributed by atoms with Crippen LogP contribution in [0.5, 0.6) is 11.5 Å². The van der Waals surface area contributed by atoms with Crippen LogP contribution in [-0.4, -0.2) is 19.0 Å². The Morgan fingerprint density at radius 1 is 1.05 bits per heavy atom. The van der Waals surface area contributed by atoms with Gasteiger partial charge >= 0.3 is 0 Å². The highest BCUT2D eigenvalue weighted by Gasteiger charge is 2.05. The van der Waals surface area contributed by atoms with Crippen LogP contribution in [0, 0.1) is 5.41 Å². The van der Waals surface area contributed by atoms with Crippen molar-refractivity contribution in [2.24, 2.45) is 5.73 Å². The SMILES string of the molecule is N=C(N)c1ccccc1OCCOc1cccc(Br)c1. The molecule has 2 aromatic rings. The van der Waals surface area contributed by atoms with E-state index in [0.717, 1.165) is 10.2 Å². The van der Waals surface area contributed by atoms with E-state index in [1.165, 1.54) is 0 Å². The van der Waals surface area contributed by atoms with Crippen molar-refractivity contribution in [2.45, 2.75) is 0 Å². The first-order valence-corrected chi connectivity index (χ1v) is 6.90. The number of nitrogens with one attached hydrogen (secondary N) is 1. The molecule has 0 amide bonds. The van der Waals surface area contributed by atoms with Gasteiger partial charge in [-0.1, -0.05) is 34.1 Å². The van der Waals surface area contributed by atoms with Crippen molar-refractivity contribution in [3.8, 4) is 11.5 Å². The molecule has 104 valence electrons. The van der Waals surface area contributed by atoms with E-state index in [0.29, 0.717) is 24.5 Å². The van der Waals surface area contributed by atoms with Gasteiger partial charge in [0, 0.05) is 4.47 Å². The van der Waals surface area contributed by atoms with Crippen LogP contribution in [0.25, 0.3) is 0 Å². The summed E-state index contributed by atoms with van der Waals surface area (Å²) in [4.78, 5) is 0. The number of rotatable bonds is 6. The summed E-state index contributed by atoms with van der Waals surface area (Å²) in [5, 5.41) is 7.48. The Balaban J connectivity index is 1.86. The first-order chi connectivity index (χ1) is 9.66. The number of hydrogen-bond acceptors (Lipinski definition) is 3. The second kappa shape index (κ2) is 6.96. The Kier molecular flexibility index (Phi) is 5.01. The van der Waals surface area contributed by atoms with Crippen LogP contribution in [0.2, 0.25) is 0 Å². The summed E-state index contributed by atoms with van der Waals surface area (Å²) in [5.41, 5.74) is 6.09. The summed E-state index contributed by atoms with van der Waals surface area (Å²) in [6, 6.07) is 14.8. The fourth-order valence-corrected chi connectivity index (χ4v) is 2.06. The second-order valence-electron chi connectivity index (χ2n) is 4.06. The van der Waals surface area contributed by atoms with Crippen molar-refractivity contribution < 1.29 is 9.47 Å². The minimum absolute atomic E-state index is 0.00601. The van der Waals surface area contributed by atoms with Crippen molar-refractivity contribution in [2.75, 3.05) is 13.2 Å². The number of para-hydroxylation sites is 1. The number of amidine groups is 1. The Morgan fingerprint density at radius 3 is 2.55 bits per heavy atom. The molecule has 4 nitrogen and oxygen atoms in total. The molecule has 0 heterocycles. The third kappa shape index (κ3) is 3.99. The highest BCUT2D eigenvalue weighted by atomic mass is 79.9. The standard InChI is InChI=1S/C15H15BrN2O2/c16-11-4-3-5-12(10-11)19-8-9-20-14-7-2-1-6-13(14)15(17)18/h1-7,10H,8-9H2,(H3,17,18). The van der Waals surface area contributed by atoms with Gasteiger partial charge in [-0.15, -0.1) is 0 Å². The third-order valence-electron chi connectivity index (χ3n) is 2.58. The molecule has 0 atom stereocenters. The van der Waals surface area contributed by atoms with Crippen molar-refractivity contribution >= 4 is 21.8 Å². The van der Waals surface area contributed by atoms with Crippen molar-refractivity contribution in [1.82, 2.24) is 0 Å². The van der Waals surface area contributed by atoms with Gasteiger partial charge in [-0.2, -0.15) is 0 Å². The summed E-state index contributed by atoms with van der Waals surface area (Å²) < 4.78 is 12.1. The molecule has 0 radical (unpaired) electrons. The maximum atomic E-state index is 7.48. The zero-order chi connectivity index (χ0) is 14.4. The average Bonchev–Trinajstić information content (AvgIpc) is 2.44. The Hall–Kier alpha value is -2.01. The average molecular weight is 335 g/mol. The van der Waals surface area contributed by atoms with Crippen LogP contribution in [0.3, 0.4) is 0 Å². The van der Waals surface area contributed by atoms with E-state index in [2.05, 4.69) is 15.9 Å². The molecule has 0 saturated carbocycles. The molecule has 0 bridgehead atoms. The van der Waals surface area contributed by atoms with Gasteiger partial charge in [-0.3, -0.25) is 5.41 Å². The molecular weight excluding hydrogens is 320 g/mol. The minimum atomic E-state index is -0.00601.